The highest BCUT2D eigenvalue weighted by molar-refractivity contribution is 9.09. The Morgan fingerprint density at radius 3 is 2.26 bits per heavy atom. The third-order valence-corrected chi connectivity index (χ3v) is 5.60. The highest BCUT2D eigenvalue weighted by Crippen LogP contribution is 2.54. The monoisotopic (exact) mass is 314 g/mol. The van der Waals surface area contributed by atoms with Crippen LogP contribution < -0.4 is 0 Å². The van der Waals surface area contributed by atoms with Gasteiger partial charge in [-0.3, -0.25) is 0 Å². The van der Waals surface area contributed by atoms with Crippen molar-refractivity contribution < 1.29 is 0 Å². The number of hydrogen-bond donors (Lipinski definition) is 0. The second-order valence-electron chi connectivity index (χ2n) is 5.62. The molecule has 0 spiro atoms. The number of benzene rings is 2. The number of hydrogen-bond acceptors (Lipinski definition) is 0. The van der Waals surface area contributed by atoms with Gasteiger partial charge in [0.05, 0.1) is 0 Å². The molecular weight excluding hydrogens is 296 g/mol. The van der Waals surface area contributed by atoms with E-state index >= 15 is 0 Å². The molecule has 0 N–H and O–H groups in total. The second-order valence-corrected chi connectivity index (χ2v) is 6.73. The van der Waals surface area contributed by atoms with Gasteiger partial charge in [-0.1, -0.05) is 70.5 Å². The molecule has 0 aliphatic heterocycles. The summed E-state index contributed by atoms with van der Waals surface area (Å²) in [5, 5.41) is 0. The lowest BCUT2D eigenvalue weighted by Gasteiger charge is -2.23. The van der Waals surface area contributed by atoms with Crippen LogP contribution in [0.3, 0.4) is 0 Å². The molecule has 98 valence electrons. The highest BCUT2D eigenvalue weighted by atomic mass is 79.9. The van der Waals surface area contributed by atoms with Crippen LogP contribution in [0.2, 0.25) is 0 Å². The Balaban J connectivity index is 1.82. The standard InChI is InChI=1S/C18H19Br/c1-14-7-5-6-8-15(14)13-17(19)18(11-12-18)16-9-3-2-4-10-16/h2-10,17H,11-13H2,1H3. The molecule has 1 atom stereocenters. The van der Waals surface area contributed by atoms with Crippen molar-refractivity contribution in [3.63, 3.8) is 0 Å². The second kappa shape index (κ2) is 5.13. The molecule has 1 aliphatic carbocycles. The minimum atomic E-state index is 0.365. The van der Waals surface area contributed by atoms with Crippen LogP contribution in [0.1, 0.15) is 29.5 Å². The Labute approximate surface area is 124 Å². The molecule has 1 unspecified atom stereocenters. The van der Waals surface area contributed by atoms with Crippen LogP contribution >= 0.6 is 15.9 Å². The van der Waals surface area contributed by atoms with Crippen LogP contribution in [-0.4, -0.2) is 4.83 Å². The summed E-state index contributed by atoms with van der Waals surface area (Å²) in [4.78, 5) is 0.531. The van der Waals surface area contributed by atoms with Gasteiger partial charge >= 0.3 is 0 Å². The molecule has 1 heteroatoms. The summed E-state index contributed by atoms with van der Waals surface area (Å²) >= 11 is 3.97. The summed E-state index contributed by atoms with van der Waals surface area (Å²) in [5.41, 5.74) is 4.72. The van der Waals surface area contributed by atoms with Crippen LogP contribution in [0, 0.1) is 6.92 Å². The molecule has 0 amide bonds. The van der Waals surface area contributed by atoms with E-state index < -0.39 is 0 Å². The van der Waals surface area contributed by atoms with Gasteiger partial charge in [0.15, 0.2) is 0 Å². The Kier molecular flexibility index (Phi) is 3.49. The van der Waals surface area contributed by atoms with Gasteiger partial charge in [0.1, 0.15) is 0 Å². The van der Waals surface area contributed by atoms with Gasteiger partial charge in [0.25, 0.3) is 0 Å². The van der Waals surface area contributed by atoms with E-state index in [1.54, 1.807) is 0 Å². The molecule has 0 aromatic heterocycles. The van der Waals surface area contributed by atoms with Crippen molar-refractivity contribution in [1.29, 1.82) is 0 Å². The third kappa shape index (κ3) is 2.49. The van der Waals surface area contributed by atoms with E-state index in [0.29, 0.717) is 10.2 Å². The molecule has 0 nitrogen and oxygen atoms in total. The van der Waals surface area contributed by atoms with Gasteiger partial charge in [-0.25, -0.2) is 0 Å². The highest BCUT2D eigenvalue weighted by Gasteiger charge is 2.49. The lowest BCUT2D eigenvalue weighted by atomic mass is 9.88. The molecule has 0 heterocycles. The molecule has 1 fully saturated rings. The normalized spacial score (nSPS) is 18.0. The molecule has 1 saturated carbocycles. The van der Waals surface area contributed by atoms with E-state index in [1.165, 1.54) is 29.5 Å². The predicted molar refractivity (Wildman–Crippen MR) is 85.0 cm³/mol. The van der Waals surface area contributed by atoms with Crippen molar-refractivity contribution in [2.45, 2.75) is 36.4 Å². The fraction of sp³-hybridized carbons (Fsp3) is 0.333. The van der Waals surface area contributed by atoms with E-state index in [9.17, 15) is 0 Å². The molecule has 0 saturated heterocycles. The van der Waals surface area contributed by atoms with Gasteiger partial charge in [-0.2, -0.15) is 0 Å². The Morgan fingerprint density at radius 1 is 1.00 bits per heavy atom. The van der Waals surface area contributed by atoms with E-state index in [1.807, 2.05) is 0 Å². The summed E-state index contributed by atoms with van der Waals surface area (Å²) in [6.07, 6.45) is 3.72. The van der Waals surface area contributed by atoms with Crippen molar-refractivity contribution >= 4 is 15.9 Å². The molecule has 2 aromatic rings. The molecule has 19 heavy (non-hydrogen) atoms. The first-order valence-electron chi connectivity index (χ1n) is 6.96. The van der Waals surface area contributed by atoms with Gasteiger partial charge in [-0.05, 0) is 42.9 Å². The largest absolute Gasteiger partial charge is 0.0877 e. The fourth-order valence-corrected chi connectivity index (χ4v) is 3.99. The number of rotatable bonds is 4. The van der Waals surface area contributed by atoms with Crippen LogP contribution in [0.4, 0.5) is 0 Å². The maximum atomic E-state index is 3.97. The number of halogens is 1. The van der Waals surface area contributed by atoms with Crippen LogP contribution in [-0.2, 0) is 11.8 Å². The number of aryl methyl sites for hydroxylation is 1. The van der Waals surface area contributed by atoms with E-state index in [4.69, 9.17) is 0 Å². The van der Waals surface area contributed by atoms with Gasteiger partial charge in [-0.15, -0.1) is 0 Å². The third-order valence-electron chi connectivity index (χ3n) is 4.40. The summed E-state index contributed by atoms with van der Waals surface area (Å²) < 4.78 is 0. The summed E-state index contributed by atoms with van der Waals surface area (Å²) in [6, 6.07) is 19.7. The van der Waals surface area contributed by atoms with E-state index in [0.717, 1.165) is 6.42 Å². The van der Waals surface area contributed by atoms with Crippen molar-refractivity contribution in [2.75, 3.05) is 0 Å². The minimum Gasteiger partial charge on any atom is -0.0877 e. The first-order chi connectivity index (χ1) is 9.22. The average Bonchev–Trinajstić information content (AvgIpc) is 3.24. The zero-order valence-corrected chi connectivity index (χ0v) is 12.9. The van der Waals surface area contributed by atoms with Crippen molar-refractivity contribution in [3.8, 4) is 0 Å². The quantitative estimate of drug-likeness (QED) is 0.694. The topological polar surface area (TPSA) is 0 Å². The molecule has 0 radical (unpaired) electrons. The van der Waals surface area contributed by atoms with Gasteiger partial charge < -0.3 is 0 Å². The summed E-state index contributed by atoms with van der Waals surface area (Å²) in [6.45, 7) is 2.21. The molecule has 2 aromatic carbocycles. The van der Waals surface area contributed by atoms with Crippen molar-refractivity contribution in [2.24, 2.45) is 0 Å². The zero-order valence-electron chi connectivity index (χ0n) is 11.3. The summed E-state index contributed by atoms with van der Waals surface area (Å²) in [7, 11) is 0. The molecular formula is C18H19Br. The smallest absolute Gasteiger partial charge is 0.0283 e. The Morgan fingerprint density at radius 2 is 1.63 bits per heavy atom. The molecule has 1 aliphatic rings. The SMILES string of the molecule is Cc1ccccc1CC(Br)C1(c2ccccc2)CC1. The van der Waals surface area contributed by atoms with Crippen LogP contribution in [0.25, 0.3) is 0 Å². The first kappa shape index (κ1) is 12.9. The van der Waals surface area contributed by atoms with E-state index in [2.05, 4.69) is 77.5 Å². The van der Waals surface area contributed by atoms with Gasteiger partial charge in [0.2, 0.25) is 0 Å². The van der Waals surface area contributed by atoms with Crippen molar-refractivity contribution in [3.05, 3.63) is 71.3 Å². The molecule has 0 bridgehead atoms. The maximum absolute atomic E-state index is 3.97. The number of alkyl halides is 1. The zero-order chi connectivity index (χ0) is 13.3. The Bertz CT molecular complexity index is 555. The molecule has 3 rings (SSSR count). The van der Waals surface area contributed by atoms with Crippen LogP contribution in [0.5, 0.6) is 0 Å². The van der Waals surface area contributed by atoms with E-state index in [-0.39, 0.29) is 0 Å². The van der Waals surface area contributed by atoms with Gasteiger partial charge in [0, 0.05) is 10.2 Å². The lowest BCUT2D eigenvalue weighted by molar-refractivity contribution is 0.646. The average molecular weight is 315 g/mol. The fourth-order valence-electron chi connectivity index (χ4n) is 2.92. The Hall–Kier alpha value is -1.08. The first-order valence-corrected chi connectivity index (χ1v) is 7.88. The summed E-state index contributed by atoms with van der Waals surface area (Å²) in [5.74, 6) is 0. The maximum Gasteiger partial charge on any atom is 0.0283 e. The van der Waals surface area contributed by atoms with Crippen molar-refractivity contribution in [1.82, 2.24) is 0 Å². The lowest BCUT2D eigenvalue weighted by Crippen LogP contribution is -2.23. The van der Waals surface area contributed by atoms with Crippen LogP contribution in [0.15, 0.2) is 54.6 Å². The predicted octanol–water partition coefficient (Wildman–Crippen LogP) is 5.03. The minimum absolute atomic E-state index is 0.365.